The Bertz CT molecular complexity index is 695. The number of nitrogens with one attached hydrogen (secondary N) is 2. The molecule has 0 aliphatic heterocycles. The summed E-state index contributed by atoms with van der Waals surface area (Å²) in [5.74, 6) is -0.477. The fraction of sp³-hybridized carbons (Fsp3) is 0.412. The van der Waals surface area contributed by atoms with Gasteiger partial charge in [0, 0.05) is 4.88 Å². The number of amides is 2. The standard InChI is InChI=1S/C17H20N2O2S2/c1-2-11-8-9-22-15(11)17(21)19-18-16(20)14-10-12-6-4-3-5-7-13(12)23-14/h8-10H,2-7H2,1H3,(H,18,20)(H,19,21). The maximum Gasteiger partial charge on any atom is 0.280 e. The first-order valence-electron chi connectivity index (χ1n) is 7.97. The molecule has 0 atom stereocenters. The molecule has 0 radical (unpaired) electrons. The molecule has 2 heterocycles. The molecule has 4 nitrogen and oxygen atoms in total. The molecular weight excluding hydrogens is 328 g/mol. The summed E-state index contributed by atoms with van der Waals surface area (Å²) in [5.41, 5.74) is 7.38. The quantitative estimate of drug-likeness (QED) is 0.656. The van der Waals surface area contributed by atoms with E-state index in [1.54, 1.807) is 11.3 Å². The number of fused-ring (bicyclic) bond motifs is 1. The summed E-state index contributed by atoms with van der Waals surface area (Å²) < 4.78 is 0. The summed E-state index contributed by atoms with van der Waals surface area (Å²) in [6, 6.07) is 3.92. The minimum absolute atomic E-state index is 0.231. The van der Waals surface area contributed by atoms with Crippen molar-refractivity contribution in [2.75, 3.05) is 0 Å². The summed E-state index contributed by atoms with van der Waals surface area (Å²) >= 11 is 2.95. The molecule has 2 aromatic heterocycles. The highest BCUT2D eigenvalue weighted by molar-refractivity contribution is 7.14. The maximum atomic E-state index is 12.3. The van der Waals surface area contributed by atoms with E-state index in [1.165, 1.54) is 41.0 Å². The van der Waals surface area contributed by atoms with E-state index in [0.717, 1.165) is 24.8 Å². The van der Waals surface area contributed by atoms with Crippen molar-refractivity contribution in [2.24, 2.45) is 0 Å². The first kappa shape index (κ1) is 16.2. The monoisotopic (exact) mass is 348 g/mol. The first-order valence-corrected chi connectivity index (χ1v) is 9.67. The van der Waals surface area contributed by atoms with Gasteiger partial charge in [-0.3, -0.25) is 20.4 Å². The van der Waals surface area contributed by atoms with E-state index in [-0.39, 0.29) is 11.8 Å². The molecule has 0 fully saturated rings. The number of hydrogen-bond acceptors (Lipinski definition) is 4. The molecule has 0 bridgehead atoms. The summed E-state index contributed by atoms with van der Waals surface area (Å²) in [6.45, 7) is 2.01. The van der Waals surface area contributed by atoms with E-state index in [4.69, 9.17) is 0 Å². The molecule has 1 aliphatic carbocycles. The molecule has 0 saturated heterocycles. The molecule has 2 amide bonds. The minimum atomic E-state index is -0.247. The second-order valence-corrected chi connectivity index (χ2v) is 7.71. The normalized spacial score (nSPS) is 14.0. The van der Waals surface area contributed by atoms with E-state index in [2.05, 4.69) is 10.9 Å². The second kappa shape index (κ2) is 7.27. The van der Waals surface area contributed by atoms with Crippen LogP contribution in [0.15, 0.2) is 17.5 Å². The van der Waals surface area contributed by atoms with Crippen molar-refractivity contribution in [1.82, 2.24) is 10.9 Å². The van der Waals surface area contributed by atoms with Gasteiger partial charge in [-0.1, -0.05) is 13.3 Å². The highest BCUT2D eigenvalue weighted by Crippen LogP contribution is 2.28. The Hall–Kier alpha value is -1.66. The van der Waals surface area contributed by atoms with Gasteiger partial charge in [-0.05, 0) is 60.7 Å². The van der Waals surface area contributed by atoms with Crippen LogP contribution in [0.3, 0.4) is 0 Å². The Labute approximate surface area is 143 Å². The van der Waals surface area contributed by atoms with Crippen LogP contribution in [0.4, 0.5) is 0 Å². The number of rotatable bonds is 3. The average molecular weight is 348 g/mol. The van der Waals surface area contributed by atoms with Gasteiger partial charge >= 0.3 is 0 Å². The van der Waals surface area contributed by atoms with Crippen LogP contribution >= 0.6 is 22.7 Å². The Balaban J connectivity index is 1.62. The highest BCUT2D eigenvalue weighted by Gasteiger charge is 2.18. The molecule has 0 spiro atoms. The fourth-order valence-electron chi connectivity index (χ4n) is 2.82. The summed E-state index contributed by atoms with van der Waals surface area (Å²) in [5, 5.41) is 1.89. The van der Waals surface area contributed by atoms with Gasteiger partial charge in [0.1, 0.15) is 0 Å². The predicted molar refractivity (Wildman–Crippen MR) is 94.2 cm³/mol. The minimum Gasteiger partial charge on any atom is -0.266 e. The van der Waals surface area contributed by atoms with Gasteiger partial charge < -0.3 is 0 Å². The van der Waals surface area contributed by atoms with Gasteiger partial charge in [0.15, 0.2) is 0 Å². The number of aryl methyl sites for hydroxylation is 3. The summed E-state index contributed by atoms with van der Waals surface area (Å²) in [7, 11) is 0. The Kier molecular flexibility index (Phi) is 5.13. The molecule has 23 heavy (non-hydrogen) atoms. The lowest BCUT2D eigenvalue weighted by Crippen LogP contribution is -2.41. The van der Waals surface area contributed by atoms with E-state index in [0.29, 0.717) is 9.75 Å². The third kappa shape index (κ3) is 3.64. The molecule has 122 valence electrons. The van der Waals surface area contributed by atoms with Crippen molar-refractivity contribution in [2.45, 2.75) is 45.4 Å². The van der Waals surface area contributed by atoms with Crippen molar-refractivity contribution < 1.29 is 9.59 Å². The summed E-state index contributed by atoms with van der Waals surface area (Å²) in [4.78, 5) is 27.1. The van der Waals surface area contributed by atoms with Crippen molar-refractivity contribution >= 4 is 34.5 Å². The largest absolute Gasteiger partial charge is 0.280 e. The number of hydrazine groups is 1. The van der Waals surface area contributed by atoms with Crippen LogP contribution in [0.25, 0.3) is 0 Å². The van der Waals surface area contributed by atoms with Crippen LogP contribution in [-0.2, 0) is 19.3 Å². The smallest absolute Gasteiger partial charge is 0.266 e. The van der Waals surface area contributed by atoms with Crippen LogP contribution in [0, 0.1) is 0 Å². The molecule has 3 rings (SSSR count). The molecule has 1 aliphatic rings. The van der Waals surface area contributed by atoms with E-state index < -0.39 is 0 Å². The molecule has 2 aromatic rings. The predicted octanol–water partition coefficient (Wildman–Crippen LogP) is 3.72. The number of hydrogen-bond donors (Lipinski definition) is 2. The molecule has 6 heteroatoms. The number of carbonyl (C=O) groups is 2. The van der Waals surface area contributed by atoms with Crippen molar-refractivity contribution in [3.8, 4) is 0 Å². The lowest BCUT2D eigenvalue weighted by Gasteiger charge is -2.06. The van der Waals surface area contributed by atoms with Crippen molar-refractivity contribution in [3.05, 3.63) is 43.3 Å². The van der Waals surface area contributed by atoms with Crippen LogP contribution < -0.4 is 10.9 Å². The van der Waals surface area contributed by atoms with Crippen LogP contribution in [0.5, 0.6) is 0 Å². The zero-order valence-corrected chi connectivity index (χ0v) is 14.7. The Morgan fingerprint density at radius 3 is 2.74 bits per heavy atom. The van der Waals surface area contributed by atoms with Crippen LogP contribution in [-0.4, -0.2) is 11.8 Å². The topological polar surface area (TPSA) is 58.2 Å². The van der Waals surface area contributed by atoms with Gasteiger partial charge in [-0.15, -0.1) is 22.7 Å². The van der Waals surface area contributed by atoms with Gasteiger partial charge in [0.05, 0.1) is 9.75 Å². The first-order chi connectivity index (χ1) is 11.2. The zero-order valence-electron chi connectivity index (χ0n) is 13.1. The van der Waals surface area contributed by atoms with Gasteiger partial charge in [0.25, 0.3) is 11.8 Å². The van der Waals surface area contributed by atoms with E-state index >= 15 is 0 Å². The lowest BCUT2D eigenvalue weighted by atomic mass is 10.1. The van der Waals surface area contributed by atoms with Gasteiger partial charge in [-0.2, -0.15) is 0 Å². The molecule has 0 aromatic carbocycles. The molecular formula is C17H20N2O2S2. The number of carbonyl (C=O) groups excluding carboxylic acids is 2. The fourth-order valence-corrected chi connectivity index (χ4v) is 4.86. The summed E-state index contributed by atoms with van der Waals surface area (Å²) in [6.07, 6.45) is 6.58. The SMILES string of the molecule is CCc1ccsc1C(=O)NNC(=O)c1cc2c(s1)CCCCC2. The number of thiophene rings is 2. The van der Waals surface area contributed by atoms with Crippen LogP contribution in [0.2, 0.25) is 0 Å². The zero-order chi connectivity index (χ0) is 16.2. The Morgan fingerprint density at radius 2 is 1.91 bits per heavy atom. The molecule has 0 unspecified atom stereocenters. The second-order valence-electron chi connectivity index (χ2n) is 5.66. The molecule has 2 N–H and O–H groups in total. The third-order valence-electron chi connectivity index (χ3n) is 4.09. The average Bonchev–Trinajstić information content (AvgIpc) is 3.14. The van der Waals surface area contributed by atoms with Crippen molar-refractivity contribution in [1.29, 1.82) is 0 Å². The van der Waals surface area contributed by atoms with Gasteiger partial charge in [-0.25, -0.2) is 0 Å². The third-order valence-corrected chi connectivity index (χ3v) is 6.29. The maximum absolute atomic E-state index is 12.3. The lowest BCUT2D eigenvalue weighted by molar-refractivity contribution is 0.0850. The van der Waals surface area contributed by atoms with E-state index in [9.17, 15) is 9.59 Å². The van der Waals surface area contributed by atoms with Gasteiger partial charge in [0.2, 0.25) is 0 Å². The van der Waals surface area contributed by atoms with Crippen LogP contribution in [0.1, 0.15) is 61.5 Å². The van der Waals surface area contributed by atoms with E-state index in [1.807, 2.05) is 24.4 Å². The molecule has 0 saturated carbocycles. The van der Waals surface area contributed by atoms with Crippen molar-refractivity contribution in [3.63, 3.8) is 0 Å². The Morgan fingerprint density at radius 1 is 1.13 bits per heavy atom. The highest BCUT2D eigenvalue weighted by atomic mass is 32.1.